The number of halogens is 1. The number of thiocarbonyl (C=S) groups is 1. The Kier molecular flexibility index (Phi) is 7.08. The normalized spacial score (nSPS) is 16.0. The fourth-order valence-corrected chi connectivity index (χ4v) is 2.89. The fraction of sp³-hybridized carbons (Fsp3) is 0.333. The molecule has 2 heterocycles. The van der Waals surface area contributed by atoms with Crippen LogP contribution in [-0.2, 0) is 11.3 Å². The first kappa shape index (κ1) is 19.7. The highest BCUT2D eigenvalue weighted by Crippen LogP contribution is 2.18. The Morgan fingerprint density at radius 1 is 1.22 bits per heavy atom. The van der Waals surface area contributed by atoms with Crippen LogP contribution in [0, 0.1) is 0 Å². The molecule has 0 radical (unpaired) electrons. The molecule has 0 spiro atoms. The van der Waals surface area contributed by atoms with Crippen LogP contribution in [0.25, 0.3) is 0 Å². The minimum absolute atomic E-state index is 0.166. The Morgan fingerprint density at radius 2 is 2.04 bits per heavy atom. The Balaban J connectivity index is 1.39. The van der Waals surface area contributed by atoms with E-state index in [2.05, 4.69) is 32.1 Å². The summed E-state index contributed by atoms with van der Waals surface area (Å²) in [6.45, 7) is 1.62. The molecule has 1 amide bonds. The molecule has 3 N–H and O–H groups in total. The van der Waals surface area contributed by atoms with E-state index < -0.39 is 5.91 Å². The average molecular weight is 454 g/mol. The van der Waals surface area contributed by atoms with Gasteiger partial charge in [0.1, 0.15) is 18.1 Å². The van der Waals surface area contributed by atoms with E-state index in [1.807, 2.05) is 24.3 Å². The van der Waals surface area contributed by atoms with Gasteiger partial charge in [-0.2, -0.15) is 0 Å². The van der Waals surface area contributed by atoms with E-state index in [9.17, 15) is 4.79 Å². The zero-order valence-corrected chi connectivity index (χ0v) is 16.9. The Labute approximate surface area is 170 Å². The number of ether oxygens (including phenoxy) is 2. The van der Waals surface area contributed by atoms with Crippen molar-refractivity contribution in [2.75, 3.05) is 13.2 Å². The molecule has 1 aliphatic rings. The molecule has 7 nitrogen and oxygen atoms in total. The molecule has 9 heteroatoms. The number of hydrogen-bond donors (Lipinski definition) is 3. The van der Waals surface area contributed by atoms with Gasteiger partial charge in [-0.25, -0.2) is 0 Å². The highest BCUT2D eigenvalue weighted by atomic mass is 79.9. The van der Waals surface area contributed by atoms with Crippen molar-refractivity contribution >= 4 is 39.2 Å². The van der Waals surface area contributed by atoms with Crippen LogP contribution in [0.4, 0.5) is 0 Å². The molecular weight excluding hydrogens is 434 g/mol. The van der Waals surface area contributed by atoms with Crippen LogP contribution in [-0.4, -0.2) is 30.3 Å². The minimum Gasteiger partial charge on any atom is -0.486 e. The van der Waals surface area contributed by atoms with Crippen molar-refractivity contribution in [1.29, 1.82) is 0 Å². The van der Waals surface area contributed by atoms with E-state index in [-0.39, 0.29) is 18.5 Å². The summed E-state index contributed by atoms with van der Waals surface area (Å²) in [6.07, 6.45) is 2.24. The van der Waals surface area contributed by atoms with Crippen LogP contribution >= 0.6 is 28.1 Å². The van der Waals surface area contributed by atoms with Crippen LogP contribution < -0.4 is 20.9 Å². The second kappa shape index (κ2) is 9.72. The van der Waals surface area contributed by atoms with Gasteiger partial charge >= 0.3 is 5.91 Å². The van der Waals surface area contributed by atoms with Crippen LogP contribution in [0.15, 0.2) is 45.3 Å². The van der Waals surface area contributed by atoms with Crippen molar-refractivity contribution in [2.45, 2.75) is 25.6 Å². The molecule has 2 aromatic rings. The predicted octanol–water partition coefficient (Wildman–Crippen LogP) is 2.91. The Hall–Kier alpha value is -2.10. The number of nitrogens with one attached hydrogen (secondary N) is 3. The van der Waals surface area contributed by atoms with Crippen LogP contribution in [0.3, 0.4) is 0 Å². The number of carbonyl (C=O) groups is 1. The summed E-state index contributed by atoms with van der Waals surface area (Å²) >= 11 is 8.49. The van der Waals surface area contributed by atoms with E-state index in [1.54, 1.807) is 12.1 Å². The molecule has 0 saturated carbocycles. The molecule has 3 rings (SSSR count). The van der Waals surface area contributed by atoms with E-state index in [0.717, 1.165) is 23.9 Å². The molecule has 1 aromatic heterocycles. The Morgan fingerprint density at radius 3 is 2.78 bits per heavy atom. The van der Waals surface area contributed by atoms with E-state index in [0.29, 0.717) is 23.2 Å². The van der Waals surface area contributed by atoms with Crippen molar-refractivity contribution in [3.05, 3.63) is 52.4 Å². The number of furan rings is 1. The highest BCUT2D eigenvalue weighted by molar-refractivity contribution is 9.10. The summed E-state index contributed by atoms with van der Waals surface area (Å²) in [5.74, 6) is 0.997. The van der Waals surface area contributed by atoms with Gasteiger partial charge in [0.15, 0.2) is 10.9 Å². The molecule has 1 saturated heterocycles. The van der Waals surface area contributed by atoms with Gasteiger partial charge in [0.2, 0.25) is 0 Å². The first-order valence-corrected chi connectivity index (χ1v) is 9.73. The second-order valence-corrected chi connectivity index (χ2v) is 7.26. The lowest BCUT2D eigenvalue weighted by Gasteiger charge is -2.14. The third kappa shape index (κ3) is 6.23. The van der Waals surface area contributed by atoms with Crippen LogP contribution in [0.1, 0.15) is 29.2 Å². The van der Waals surface area contributed by atoms with Crippen molar-refractivity contribution in [2.24, 2.45) is 0 Å². The molecular formula is C18H20BrN3O4S. The first-order chi connectivity index (χ1) is 13.1. The number of benzene rings is 1. The summed E-state index contributed by atoms with van der Waals surface area (Å²) in [6, 6.07) is 10.7. The van der Waals surface area contributed by atoms with Gasteiger partial charge in [-0.15, -0.1) is 0 Å². The number of amides is 1. The topological polar surface area (TPSA) is 84.8 Å². The molecule has 144 valence electrons. The van der Waals surface area contributed by atoms with Crippen molar-refractivity contribution in [3.63, 3.8) is 0 Å². The maximum Gasteiger partial charge on any atom is 0.305 e. The molecule has 0 unspecified atom stereocenters. The summed E-state index contributed by atoms with van der Waals surface area (Å²) in [5, 5.41) is 3.33. The quantitative estimate of drug-likeness (QED) is 0.457. The summed E-state index contributed by atoms with van der Waals surface area (Å²) in [7, 11) is 0. The third-order valence-electron chi connectivity index (χ3n) is 3.88. The number of rotatable bonds is 6. The molecule has 1 aromatic carbocycles. The monoisotopic (exact) mass is 453 g/mol. The predicted molar refractivity (Wildman–Crippen MR) is 107 cm³/mol. The van der Waals surface area contributed by atoms with Crippen molar-refractivity contribution < 1.29 is 18.7 Å². The van der Waals surface area contributed by atoms with Gasteiger partial charge in [0.05, 0.1) is 6.10 Å². The van der Waals surface area contributed by atoms with Gasteiger partial charge in [-0.1, -0.05) is 15.9 Å². The fourth-order valence-electron chi connectivity index (χ4n) is 2.49. The van der Waals surface area contributed by atoms with E-state index in [4.69, 9.17) is 26.1 Å². The summed E-state index contributed by atoms with van der Waals surface area (Å²) in [4.78, 5) is 12.1. The molecule has 1 fully saturated rings. The third-order valence-corrected chi connectivity index (χ3v) is 4.66. The van der Waals surface area contributed by atoms with Gasteiger partial charge in [0, 0.05) is 17.6 Å². The smallest absolute Gasteiger partial charge is 0.305 e. The van der Waals surface area contributed by atoms with Crippen molar-refractivity contribution in [1.82, 2.24) is 16.2 Å². The summed E-state index contributed by atoms with van der Waals surface area (Å²) in [5.41, 5.74) is 5.14. The average Bonchev–Trinajstić information content (AvgIpc) is 3.36. The maximum absolute atomic E-state index is 12.1. The standard InChI is InChI=1S/C18H20BrN3O4S/c19-12-3-5-13(6-4-12)25-11-15-7-8-16(26-15)17(23)21-22-18(27)20-10-14-2-1-9-24-14/h3-8,14H,1-2,9-11H2,(H,21,23)(H2,20,22,27)/t14-/m0/s1. The van der Waals surface area contributed by atoms with Gasteiger partial charge in [0.25, 0.3) is 0 Å². The SMILES string of the molecule is O=C(NNC(=S)NC[C@@H]1CCCO1)c1ccc(COc2ccc(Br)cc2)o1. The number of carbonyl (C=O) groups excluding carboxylic acids is 1. The number of hydrazine groups is 1. The maximum atomic E-state index is 12.1. The summed E-state index contributed by atoms with van der Waals surface area (Å²) < 4.78 is 17.6. The molecule has 1 aliphatic heterocycles. The number of hydrogen-bond acceptors (Lipinski definition) is 5. The lowest BCUT2D eigenvalue weighted by Crippen LogP contribution is -2.48. The zero-order chi connectivity index (χ0) is 19.1. The molecule has 1 atom stereocenters. The van der Waals surface area contributed by atoms with Crippen LogP contribution in [0.5, 0.6) is 5.75 Å². The molecule has 0 bridgehead atoms. The largest absolute Gasteiger partial charge is 0.486 e. The van der Waals surface area contributed by atoms with Gasteiger partial charge in [-0.05, 0) is 61.5 Å². The van der Waals surface area contributed by atoms with E-state index in [1.165, 1.54) is 0 Å². The van der Waals surface area contributed by atoms with Crippen molar-refractivity contribution in [3.8, 4) is 5.75 Å². The first-order valence-electron chi connectivity index (χ1n) is 8.53. The molecule has 27 heavy (non-hydrogen) atoms. The lowest BCUT2D eigenvalue weighted by atomic mass is 10.2. The second-order valence-electron chi connectivity index (χ2n) is 5.93. The minimum atomic E-state index is -0.425. The molecule has 0 aliphatic carbocycles. The van der Waals surface area contributed by atoms with Gasteiger partial charge in [-0.3, -0.25) is 15.6 Å². The Bertz CT molecular complexity index is 775. The van der Waals surface area contributed by atoms with E-state index >= 15 is 0 Å². The highest BCUT2D eigenvalue weighted by Gasteiger charge is 2.16. The van der Waals surface area contributed by atoms with Gasteiger partial charge < -0.3 is 19.2 Å². The lowest BCUT2D eigenvalue weighted by molar-refractivity contribution is 0.0911. The zero-order valence-electron chi connectivity index (χ0n) is 14.5. The van der Waals surface area contributed by atoms with Crippen LogP contribution in [0.2, 0.25) is 0 Å².